The molecule has 1 fully saturated rings. The van der Waals surface area contributed by atoms with E-state index in [9.17, 15) is 4.79 Å². The van der Waals surface area contributed by atoms with E-state index in [-0.39, 0.29) is 12.0 Å². The Hall–Kier alpha value is -1.84. The zero-order valence-electron chi connectivity index (χ0n) is 17.3. The van der Waals surface area contributed by atoms with Gasteiger partial charge in [-0.2, -0.15) is 0 Å². The summed E-state index contributed by atoms with van der Waals surface area (Å²) in [4.78, 5) is 22.4. The summed E-state index contributed by atoms with van der Waals surface area (Å²) >= 11 is 4.74. The summed E-state index contributed by atoms with van der Waals surface area (Å²) in [5.41, 5.74) is -0.539. The Bertz CT molecular complexity index is 903. The molecule has 1 aliphatic rings. The predicted octanol–water partition coefficient (Wildman–Crippen LogP) is 4.14. The summed E-state index contributed by atoms with van der Waals surface area (Å²) in [6.45, 7) is 4.89. The quantitative estimate of drug-likeness (QED) is 0.319. The van der Waals surface area contributed by atoms with Gasteiger partial charge in [0.05, 0.1) is 23.4 Å². The number of carbonyl (C=O) groups is 1. The highest BCUT2D eigenvalue weighted by Gasteiger charge is 2.26. The average molecular weight is 496 g/mol. The van der Waals surface area contributed by atoms with Crippen LogP contribution in [-0.2, 0) is 14.4 Å². The van der Waals surface area contributed by atoms with Gasteiger partial charge in [-0.3, -0.25) is 9.78 Å². The normalized spacial score (nSPS) is 17.9. The van der Waals surface area contributed by atoms with Gasteiger partial charge in [-0.05, 0) is 73.1 Å². The van der Waals surface area contributed by atoms with Crippen LogP contribution in [0.2, 0.25) is 0 Å². The van der Waals surface area contributed by atoms with Gasteiger partial charge in [0.2, 0.25) is 5.44 Å². The number of aromatic nitrogens is 1. The van der Waals surface area contributed by atoms with Crippen molar-refractivity contribution < 1.29 is 19.1 Å². The number of hydrogen-bond donors (Lipinski definition) is 1. The first-order chi connectivity index (χ1) is 14.4. The maximum atomic E-state index is 12.8. The highest BCUT2D eigenvalue weighted by Crippen LogP contribution is 2.24. The van der Waals surface area contributed by atoms with Gasteiger partial charge < -0.3 is 19.6 Å². The lowest BCUT2D eigenvalue weighted by atomic mass is 10.1. The number of nitrogens with zero attached hydrogens (tertiary/aromatic N) is 2. The molecule has 1 aromatic heterocycles. The molecule has 0 aliphatic carbocycles. The van der Waals surface area contributed by atoms with Crippen LogP contribution in [0.25, 0.3) is 10.9 Å². The number of hydrogen-bond acceptors (Lipinski definition) is 7. The summed E-state index contributed by atoms with van der Waals surface area (Å²) in [5, 5.41) is 7.86. The zero-order valence-corrected chi connectivity index (χ0v) is 19.7. The lowest BCUT2D eigenvalue weighted by Gasteiger charge is -2.24. The summed E-state index contributed by atoms with van der Waals surface area (Å²) in [7, 11) is 0. The van der Waals surface area contributed by atoms with Gasteiger partial charge in [0, 0.05) is 22.7 Å². The van der Waals surface area contributed by atoms with Crippen molar-refractivity contribution in [3.05, 3.63) is 34.9 Å². The van der Waals surface area contributed by atoms with Crippen LogP contribution in [0.3, 0.4) is 0 Å². The van der Waals surface area contributed by atoms with E-state index in [1.165, 1.54) is 11.8 Å². The third-order valence-electron chi connectivity index (χ3n) is 4.47. The monoisotopic (exact) mass is 495 g/mol. The smallest absolute Gasteiger partial charge is 0.272 e. The van der Waals surface area contributed by atoms with Crippen LogP contribution in [0, 0.1) is 0 Å². The molecule has 30 heavy (non-hydrogen) atoms. The second-order valence-corrected chi connectivity index (χ2v) is 9.38. The Morgan fingerprint density at radius 2 is 2.33 bits per heavy atom. The number of halogens is 1. The summed E-state index contributed by atoms with van der Waals surface area (Å²) in [5.74, 6) is 0.355. The van der Waals surface area contributed by atoms with Crippen molar-refractivity contribution in [3.63, 3.8) is 0 Å². The van der Waals surface area contributed by atoms with Gasteiger partial charge in [0.15, 0.2) is 0 Å². The number of benzene rings is 1. The predicted molar refractivity (Wildman–Crippen MR) is 123 cm³/mol. The SMILES string of the molecule is CSC(Oc1ccc2ncc(Br)cc2c1)C(=O)NC(C)(C)C=NOCC1CCCO1. The minimum atomic E-state index is -0.706. The number of nitrogens with one attached hydrogen (secondary N) is 1. The Morgan fingerprint density at radius 1 is 1.50 bits per heavy atom. The van der Waals surface area contributed by atoms with Gasteiger partial charge in [0.25, 0.3) is 5.91 Å². The third kappa shape index (κ3) is 6.58. The largest absolute Gasteiger partial charge is 0.470 e. The Morgan fingerprint density at radius 3 is 3.07 bits per heavy atom. The molecule has 1 aromatic carbocycles. The number of thioether (sulfide) groups is 1. The molecule has 2 heterocycles. The molecule has 162 valence electrons. The van der Waals surface area contributed by atoms with Gasteiger partial charge >= 0.3 is 0 Å². The fraction of sp³-hybridized carbons (Fsp3) is 0.476. The highest BCUT2D eigenvalue weighted by molar-refractivity contribution is 9.10. The molecular weight excluding hydrogens is 470 g/mol. The number of ether oxygens (including phenoxy) is 2. The van der Waals surface area contributed by atoms with Crippen LogP contribution in [-0.4, -0.2) is 53.7 Å². The molecule has 1 amide bonds. The van der Waals surface area contributed by atoms with E-state index in [2.05, 4.69) is 31.4 Å². The maximum Gasteiger partial charge on any atom is 0.272 e. The number of oxime groups is 1. The minimum absolute atomic E-state index is 0.104. The van der Waals surface area contributed by atoms with Gasteiger partial charge in [-0.15, -0.1) is 11.8 Å². The Kier molecular flexibility index (Phi) is 7.96. The number of fused-ring (bicyclic) bond motifs is 1. The van der Waals surface area contributed by atoms with Gasteiger partial charge in [-0.1, -0.05) is 5.16 Å². The van der Waals surface area contributed by atoms with Gasteiger partial charge in [-0.25, -0.2) is 0 Å². The molecule has 1 N–H and O–H groups in total. The van der Waals surface area contributed by atoms with Gasteiger partial charge in [0.1, 0.15) is 12.4 Å². The van der Waals surface area contributed by atoms with E-state index in [1.807, 2.05) is 44.4 Å². The molecule has 9 heteroatoms. The van der Waals surface area contributed by atoms with E-state index >= 15 is 0 Å². The van der Waals surface area contributed by atoms with Crippen molar-refractivity contribution in [1.82, 2.24) is 10.3 Å². The van der Waals surface area contributed by atoms with Crippen LogP contribution in [0.4, 0.5) is 0 Å². The maximum absolute atomic E-state index is 12.8. The van der Waals surface area contributed by atoms with E-state index < -0.39 is 11.0 Å². The molecule has 0 saturated carbocycles. The number of rotatable bonds is 9. The zero-order chi connectivity index (χ0) is 21.6. The summed E-state index contributed by atoms with van der Waals surface area (Å²) in [6.07, 6.45) is 7.30. The van der Waals surface area contributed by atoms with Crippen molar-refractivity contribution in [3.8, 4) is 5.75 Å². The van der Waals surface area contributed by atoms with Crippen LogP contribution < -0.4 is 10.1 Å². The van der Waals surface area contributed by atoms with Crippen LogP contribution in [0.1, 0.15) is 26.7 Å². The first-order valence-corrected chi connectivity index (χ1v) is 11.8. The van der Waals surface area contributed by atoms with Crippen molar-refractivity contribution in [1.29, 1.82) is 0 Å². The minimum Gasteiger partial charge on any atom is -0.470 e. The second-order valence-electron chi connectivity index (χ2n) is 7.57. The molecule has 0 radical (unpaired) electrons. The van der Waals surface area contributed by atoms with Crippen LogP contribution in [0.5, 0.6) is 5.75 Å². The lowest BCUT2D eigenvalue weighted by molar-refractivity contribution is -0.125. The molecule has 1 aliphatic heterocycles. The first-order valence-electron chi connectivity index (χ1n) is 9.71. The molecule has 0 spiro atoms. The highest BCUT2D eigenvalue weighted by atomic mass is 79.9. The van der Waals surface area contributed by atoms with Crippen molar-refractivity contribution in [2.45, 2.75) is 43.8 Å². The van der Waals surface area contributed by atoms with E-state index in [1.54, 1.807) is 12.4 Å². The Balaban J connectivity index is 1.56. The number of carbonyl (C=O) groups excluding carboxylic acids is 1. The van der Waals surface area contributed by atoms with Crippen molar-refractivity contribution >= 4 is 50.7 Å². The average Bonchev–Trinajstić information content (AvgIpc) is 3.22. The molecule has 2 unspecified atom stereocenters. The molecule has 7 nitrogen and oxygen atoms in total. The standard InChI is InChI=1S/C21H26BrN3O4S/c1-21(2,13-24-28-12-17-5-4-8-27-17)25-19(26)20(30-3)29-16-6-7-18-14(10-16)9-15(22)11-23-18/h6-7,9-11,13,17,20H,4-5,8,12H2,1-3H3,(H,25,26). The molecule has 2 aromatic rings. The van der Waals surface area contributed by atoms with E-state index in [0.29, 0.717) is 12.4 Å². The summed E-state index contributed by atoms with van der Waals surface area (Å²) < 4.78 is 12.3. The van der Waals surface area contributed by atoms with Crippen molar-refractivity contribution in [2.75, 3.05) is 19.5 Å². The lowest BCUT2D eigenvalue weighted by Crippen LogP contribution is -2.49. The third-order valence-corrected chi connectivity index (χ3v) is 5.64. The van der Waals surface area contributed by atoms with Crippen molar-refractivity contribution in [2.24, 2.45) is 5.16 Å². The molecular formula is C21H26BrN3O4S. The van der Waals surface area contributed by atoms with Crippen LogP contribution in [0.15, 0.2) is 40.1 Å². The van der Waals surface area contributed by atoms with Crippen LogP contribution >= 0.6 is 27.7 Å². The topological polar surface area (TPSA) is 82.0 Å². The number of pyridine rings is 1. The molecule has 3 rings (SSSR count). The summed E-state index contributed by atoms with van der Waals surface area (Å²) in [6, 6.07) is 7.51. The van der Waals surface area contributed by atoms with E-state index in [0.717, 1.165) is 34.8 Å². The Labute approximate surface area is 189 Å². The second kappa shape index (κ2) is 10.5. The molecule has 0 bridgehead atoms. The molecule has 2 atom stereocenters. The first kappa shape index (κ1) is 22.8. The molecule has 1 saturated heterocycles. The van der Waals surface area contributed by atoms with E-state index in [4.69, 9.17) is 14.3 Å². The fourth-order valence-electron chi connectivity index (χ4n) is 2.97. The fourth-order valence-corrected chi connectivity index (χ4v) is 3.80. The number of amides is 1.